The summed E-state index contributed by atoms with van der Waals surface area (Å²) in [5.41, 5.74) is 1.08. The molecule has 1 aliphatic heterocycles. The van der Waals surface area contributed by atoms with E-state index in [-0.39, 0.29) is 11.5 Å². The van der Waals surface area contributed by atoms with Gasteiger partial charge in [-0.25, -0.2) is 4.79 Å². The summed E-state index contributed by atoms with van der Waals surface area (Å²) in [6.07, 6.45) is 0. The van der Waals surface area contributed by atoms with Crippen molar-refractivity contribution >= 4 is 33.5 Å². The van der Waals surface area contributed by atoms with Crippen LogP contribution in [0, 0.1) is 0 Å². The van der Waals surface area contributed by atoms with Gasteiger partial charge in [0.2, 0.25) is 5.91 Å². The number of rotatable bonds is 1. The van der Waals surface area contributed by atoms with E-state index in [2.05, 4.69) is 15.9 Å². The molecule has 1 aliphatic rings. The average molecular weight is 298 g/mol. The van der Waals surface area contributed by atoms with Crippen molar-refractivity contribution in [1.82, 2.24) is 0 Å². The number of aromatic carboxylic acids is 1. The van der Waals surface area contributed by atoms with Gasteiger partial charge in [-0.1, -0.05) is 0 Å². The maximum Gasteiger partial charge on any atom is 0.336 e. The molecule has 4 nitrogen and oxygen atoms in total. The number of likely N-dealkylation sites (N-methyl/N-ethyl adjacent to an activating group) is 1. The Labute approximate surface area is 107 Å². The molecule has 5 heteroatoms. The van der Waals surface area contributed by atoms with Crippen molar-refractivity contribution in [3.8, 4) is 0 Å². The molecule has 0 saturated heterocycles. The zero-order valence-electron chi connectivity index (χ0n) is 9.74. The van der Waals surface area contributed by atoms with E-state index in [1.807, 2.05) is 13.8 Å². The molecule has 1 amide bonds. The highest BCUT2D eigenvalue weighted by Crippen LogP contribution is 2.43. The molecule has 90 valence electrons. The van der Waals surface area contributed by atoms with E-state index < -0.39 is 11.4 Å². The lowest BCUT2D eigenvalue weighted by Gasteiger charge is -2.16. The van der Waals surface area contributed by atoms with Gasteiger partial charge in [0, 0.05) is 17.2 Å². The third-order valence-electron chi connectivity index (χ3n) is 3.19. The largest absolute Gasteiger partial charge is 0.478 e. The Morgan fingerprint density at radius 2 is 2.00 bits per heavy atom. The number of nitrogens with zero attached hydrogens (tertiary/aromatic N) is 1. The highest BCUT2D eigenvalue weighted by molar-refractivity contribution is 9.10. The number of carboxylic acid groups (broad SMARTS) is 1. The molecule has 1 heterocycles. The van der Waals surface area contributed by atoms with Gasteiger partial charge in [0.25, 0.3) is 0 Å². The number of carboxylic acids is 1. The Morgan fingerprint density at radius 3 is 2.53 bits per heavy atom. The van der Waals surface area contributed by atoms with Crippen LogP contribution < -0.4 is 4.90 Å². The van der Waals surface area contributed by atoms with E-state index in [1.54, 1.807) is 13.1 Å². The molecule has 0 saturated carbocycles. The van der Waals surface area contributed by atoms with Crippen LogP contribution in [0.15, 0.2) is 16.6 Å². The van der Waals surface area contributed by atoms with Gasteiger partial charge in [-0.15, -0.1) is 0 Å². The molecular formula is C12H12BrNO3. The second-order valence-corrected chi connectivity index (χ2v) is 5.50. The molecule has 1 N–H and O–H groups in total. The fourth-order valence-electron chi connectivity index (χ4n) is 2.15. The van der Waals surface area contributed by atoms with Gasteiger partial charge in [-0.2, -0.15) is 0 Å². The van der Waals surface area contributed by atoms with Gasteiger partial charge in [0.1, 0.15) is 0 Å². The normalized spacial score (nSPS) is 17.2. The van der Waals surface area contributed by atoms with Gasteiger partial charge in [0.05, 0.1) is 11.0 Å². The highest BCUT2D eigenvalue weighted by atomic mass is 79.9. The fraction of sp³-hybridized carbons (Fsp3) is 0.333. The first-order valence-corrected chi connectivity index (χ1v) is 5.91. The van der Waals surface area contributed by atoms with Gasteiger partial charge < -0.3 is 10.0 Å². The second-order valence-electron chi connectivity index (χ2n) is 4.64. The minimum absolute atomic E-state index is 0.0260. The van der Waals surface area contributed by atoms with Crippen molar-refractivity contribution in [3.05, 3.63) is 27.7 Å². The molecule has 1 aromatic carbocycles. The molecule has 0 spiro atoms. The summed E-state index contributed by atoms with van der Waals surface area (Å²) in [5, 5.41) is 9.05. The molecule has 0 atom stereocenters. The minimum Gasteiger partial charge on any atom is -0.478 e. The number of amides is 1. The standard InChI is InChI=1S/C12H12BrNO3/c1-12(2)7-5-8(13)6(10(15)16)4-9(7)14(3)11(12)17/h4-5H,1-3H3,(H,15,16). The van der Waals surface area contributed by atoms with E-state index in [4.69, 9.17) is 5.11 Å². The predicted octanol–water partition coefficient (Wildman–Crippen LogP) is 2.40. The lowest BCUT2D eigenvalue weighted by molar-refractivity contribution is -0.121. The summed E-state index contributed by atoms with van der Waals surface area (Å²) in [6, 6.07) is 3.26. The summed E-state index contributed by atoms with van der Waals surface area (Å²) in [4.78, 5) is 24.6. The molecule has 0 unspecified atom stereocenters. The molecular weight excluding hydrogens is 286 g/mol. The topological polar surface area (TPSA) is 57.6 Å². The number of fused-ring (bicyclic) bond motifs is 1. The molecule has 0 fully saturated rings. The van der Waals surface area contributed by atoms with Gasteiger partial charge in [-0.3, -0.25) is 4.79 Å². The highest BCUT2D eigenvalue weighted by Gasteiger charge is 2.42. The Morgan fingerprint density at radius 1 is 1.41 bits per heavy atom. The van der Waals surface area contributed by atoms with Crippen LogP contribution in [-0.2, 0) is 10.2 Å². The Bertz CT molecular complexity index is 537. The van der Waals surface area contributed by atoms with Crippen molar-refractivity contribution < 1.29 is 14.7 Å². The number of hydrogen-bond acceptors (Lipinski definition) is 2. The first-order valence-electron chi connectivity index (χ1n) is 5.12. The SMILES string of the molecule is CN1C(=O)C(C)(C)c2cc(Br)c(C(=O)O)cc21. The summed E-state index contributed by atoms with van der Waals surface area (Å²) in [5.74, 6) is -1.04. The summed E-state index contributed by atoms with van der Waals surface area (Å²) in [7, 11) is 1.66. The van der Waals surface area contributed by atoms with Gasteiger partial charge in [-0.05, 0) is 47.5 Å². The molecule has 2 rings (SSSR count). The molecule has 17 heavy (non-hydrogen) atoms. The Balaban J connectivity index is 2.72. The van der Waals surface area contributed by atoms with Crippen molar-refractivity contribution in [2.24, 2.45) is 0 Å². The molecule has 0 radical (unpaired) electrons. The summed E-state index contributed by atoms with van der Waals surface area (Å²) < 4.78 is 0.500. The van der Waals surface area contributed by atoms with Crippen LogP contribution in [0.3, 0.4) is 0 Å². The lowest BCUT2D eigenvalue weighted by Crippen LogP contribution is -2.33. The summed E-state index contributed by atoms with van der Waals surface area (Å²) >= 11 is 3.23. The van der Waals surface area contributed by atoms with Crippen molar-refractivity contribution in [3.63, 3.8) is 0 Å². The van der Waals surface area contributed by atoms with Gasteiger partial charge in [0.15, 0.2) is 0 Å². The predicted molar refractivity (Wildman–Crippen MR) is 67.5 cm³/mol. The number of carbonyl (C=O) groups excluding carboxylic acids is 1. The van der Waals surface area contributed by atoms with Crippen LogP contribution in [0.25, 0.3) is 0 Å². The number of anilines is 1. The zero-order chi connectivity index (χ0) is 13.0. The van der Waals surface area contributed by atoms with Crippen LogP contribution in [0.1, 0.15) is 29.8 Å². The number of hydrogen-bond donors (Lipinski definition) is 1. The molecule has 0 aromatic heterocycles. The van der Waals surface area contributed by atoms with E-state index in [1.165, 1.54) is 11.0 Å². The van der Waals surface area contributed by atoms with Crippen molar-refractivity contribution in [2.45, 2.75) is 19.3 Å². The summed E-state index contributed by atoms with van der Waals surface area (Å²) in [6.45, 7) is 3.68. The Kier molecular flexibility index (Phi) is 2.54. The van der Waals surface area contributed by atoms with Crippen LogP contribution in [-0.4, -0.2) is 24.0 Å². The van der Waals surface area contributed by atoms with Crippen LogP contribution in [0.4, 0.5) is 5.69 Å². The first-order chi connectivity index (χ1) is 7.76. The number of carbonyl (C=O) groups is 2. The quantitative estimate of drug-likeness (QED) is 0.866. The van der Waals surface area contributed by atoms with E-state index >= 15 is 0 Å². The van der Waals surface area contributed by atoms with Crippen LogP contribution in [0.5, 0.6) is 0 Å². The lowest BCUT2D eigenvalue weighted by atomic mass is 9.86. The number of benzene rings is 1. The van der Waals surface area contributed by atoms with E-state index in [9.17, 15) is 9.59 Å². The van der Waals surface area contributed by atoms with Crippen molar-refractivity contribution in [1.29, 1.82) is 0 Å². The molecule has 0 bridgehead atoms. The van der Waals surface area contributed by atoms with E-state index in [0.717, 1.165) is 5.56 Å². The average Bonchev–Trinajstić information content (AvgIpc) is 2.40. The minimum atomic E-state index is -1.01. The third kappa shape index (κ3) is 1.57. The zero-order valence-corrected chi connectivity index (χ0v) is 11.3. The monoisotopic (exact) mass is 297 g/mol. The molecule has 0 aliphatic carbocycles. The maximum atomic E-state index is 12.0. The second kappa shape index (κ2) is 3.57. The van der Waals surface area contributed by atoms with Crippen molar-refractivity contribution in [2.75, 3.05) is 11.9 Å². The van der Waals surface area contributed by atoms with Crippen LogP contribution in [0.2, 0.25) is 0 Å². The Hall–Kier alpha value is -1.36. The smallest absolute Gasteiger partial charge is 0.336 e. The number of halogens is 1. The molecule has 1 aromatic rings. The maximum absolute atomic E-state index is 12.0. The van der Waals surface area contributed by atoms with Gasteiger partial charge >= 0.3 is 5.97 Å². The third-order valence-corrected chi connectivity index (χ3v) is 3.85. The fourth-order valence-corrected chi connectivity index (χ4v) is 2.66. The first kappa shape index (κ1) is 12.1. The van der Waals surface area contributed by atoms with E-state index in [0.29, 0.717) is 10.2 Å². The van der Waals surface area contributed by atoms with Crippen LogP contribution >= 0.6 is 15.9 Å².